The summed E-state index contributed by atoms with van der Waals surface area (Å²) < 4.78 is 5.72. The fraction of sp³-hybridized carbons (Fsp3) is 0.231. The van der Waals surface area contributed by atoms with Gasteiger partial charge in [-0.2, -0.15) is 0 Å². The Kier molecular flexibility index (Phi) is 4.94. The predicted molar refractivity (Wildman–Crippen MR) is 122 cm³/mol. The van der Waals surface area contributed by atoms with Gasteiger partial charge in [-0.3, -0.25) is 9.59 Å². The first kappa shape index (κ1) is 19.4. The second kappa shape index (κ2) is 7.91. The van der Waals surface area contributed by atoms with Crippen molar-refractivity contribution in [3.63, 3.8) is 0 Å². The number of nitrogens with zero attached hydrogens (tertiary/aromatic N) is 1. The summed E-state index contributed by atoms with van der Waals surface area (Å²) in [6.07, 6.45) is 3.89. The third-order valence-corrected chi connectivity index (χ3v) is 6.05. The van der Waals surface area contributed by atoms with E-state index in [4.69, 9.17) is 4.42 Å². The first-order valence-electron chi connectivity index (χ1n) is 10.7. The molecule has 3 aromatic carbocycles. The highest BCUT2D eigenvalue weighted by molar-refractivity contribution is 6.10. The average molecular weight is 412 g/mol. The standard InChI is InChI=1S/C26H24N2O3/c1-17-7-6-10-21(26(30)28-13-4-5-14-28)25(17)27-23(29)15-19-16-31-22-12-11-18-8-2-3-9-20(18)24(19)22/h2-3,6-12,16H,4-5,13-15H2,1H3,(H,27,29). The van der Waals surface area contributed by atoms with Crippen LogP contribution in [0.5, 0.6) is 0 Å². The zero-order valence-electron chi connectivity index (χ0n) is 17.5. The maximum atomic E-state index is 13.0. The normalized spacial score (nSPS) is 13.8. The molecule has 0 bridgehead atoms. The molecule has 2 amide bonds. The number of furan rings is 1. The van der Waals surface area contributed by atoms with Crippen LogP contribution >= 0.6 is 0 Å². The maximum absolute atomic E-state index is 13.0. The van der Waals surface area contributed by atoms with Crippen molar-refractivity contribution in [1.29, 1.82) is 0 Å². The number of carbonyl (C=O) groups is 2. The lowest BCUT2D eigenvalue weighted by molar-refractivity contribution is -0.115. The van der Waals surface area contributed by atoms with Gasteiger partial charge in [-0.05, 0) is 48.2 Å². The van der Waals surface area contributed by atoms with Crippen LogP contribution in [-0.4, -0.2) is 29.8 Å². The molecule has 0 saturated carbocycles. The Morgan fingerprint density at radius 1 is 1.00 bits per heavy atom. The predicted octanol–water partition coefficient (Wildman–Crippen LogP) is 5.31. The van der Waals surface area contributed by atoms with E-state index in [0.717, 1.165) is 58.8 Å². The first-order chi connectivity index (χ1) is 15.1. The summed E-state index contributed by atoms with van der Waals surface area (Å²) in [5.41, 5.74) is 3.63. The van der Waals surface area contributed by atoms with Gasteiger partial charge in [0.25, 0.3) is 5.91 Å². The summed E-state index contributed by atoms with van der Waals surface area (Å²) >= 11 is 0. The Morgan fingerprint density at radius 3 is 2.65 bits per heavy atom. The Labute approximate surface area is 180 Å². The highest BCUT2D eigenvalue weighted by atomic mass is 16.3. The molecule has 1 N–H and O–H groups in total. The van der Waals surface area contributed by atoms with Crippen LogP contribution in [0.15, 0.2) is 65.3 Å². The molecule has 5 heteroatoms. The molecule has 1 saturated heterocycles. The van der Waals surface area contributed by atoms with Gasteiger partial charge in [0.05, 0.1) is 23.9 Å². The molecule has 5 rings (SSSR count). The molecular weight excluding hydrogens is 388 g/mol. The molecule has 2 heterocycles. The van der Waals surface area contributed by atoms with Gasteiger partial charge in [-0.15, -0.1) is 0 Å². The number of carbonyl (C=O) groups excluding carboxylic acids is 2. The van der Waals surface area contributed by atoms with Gasteiger partial charge in [-0.1, -0.05) is 42.5 Å². The summed E-state index contributed by atoms with van der Waals surface area (Å²) in [6.45, 7) is 3.46. The van der Waals surface area contributed by atoms with Gasteiger partial charge >= 0.3 is 0 Å². The Balaban J connectivity index is 1.44. The van der Waals surface area contributed by atoms with Crippen LogP contribution in [0.1, 0.15) is 34.3 Å². The molecule has 1 fully saturated rings. The number of anilines is 1. The number of hydrogen-bond donors (Lipinski definition) is 1. The van der Waals surface area contributed by atoms with Gasteiger partial charge in [0.2, 0.25) is 5.91 Å². The molecule has 0 radical (unpaired) electrons. The molecule has 5 nitrogen and oxygen atoms in total. The van der Waals surface area contributed by atoms with Crippen molar-refractivity contribution in [2.45, 2.75) is 26.2 Å². The lowest BCUT2D eigenvalue weighted by Crippen LogP contribution is -2.29. The topological polar surface area (TPSA) is 62.6 Å². The van der Waals surface area contributed by atoms with E-state index in [1.807, 2.05) is 54.3 Å². The summed E-state index contributed by atoms with van der Waals surface area (Å²) in [6, 6.07) is 17.6. The summed E-state index contributed by atoms with van der Waals surface area (Å²) in [5, 5.41) is 6.14. The average Bonchev–Trinajstić information content (AvgIpc) is 3.45. The number of hydrogen-bond acceptors (Lipinski definition) is 3. The number of para-hydroxylation sites is 1. The zero-order chi connectivity index (χ0) is 21.4. The zero-order valence-corrected chi connectivity index (χ0v) is 17.5. The van der Waals surface area contributed by atoms with E-state index >= 15 is 0 Å². The fourth-order valence-corrected chi connectivity index (χ4v) is 4.46. The minimum atomic E-state index is -0.166. The summed E-state index contributed by atoms with van der Waals surface area (Å²) in [7, 11) is 0. The summed E-state index contributed by atoms with van der Waals surface area (Å²) in [5.74, 6) is -0.184. The van der Waals surface area contributed by atoms with Crippen molar-refractivity contribution in [3.05, 3.63) is 77.6 Å². The number of likely N-dealkylation sites (tertiary alicyclic amines) is 1. The first-order valence-corrected chi connectivity index (χ1v) is 10.7. The van der Waals surface area contributed by atoms with Crippen molar-refractivity contribution in [1.82, 2.24) is 4.90 Å². The Bertz CT molecular complexity index is 1300. The van der Waals surface area contributed by atoms with Crippen LogP contribution < -0.4 is 5.32 Å². The van der Waals surface area contributed by atoms with E-state index < -0.39 is 0 Å². The molecule has 31 heavy (non-hydrogen) atoms. The second-order valence-electron chi connectivity index (χ2n) is 8.14. The highest BCUT2D eigenvalue weighted by Gasteiger charge is 2.23. The molecular formula is C26H24N2O3. The van der Waals surface area contributed by atoms with E-state index in [2.05, 4.69) is 11.4 Å². The highest BCUT2D eigenvalue weighted by Crippen LogP contribution is 2.31. The number of rotatable bonds is 4. The number of benzene rings is 3. The maximum Gasteiger partial charge on any atom is 0.255 e. The Hall–Kier alpha value is -3.60. The van der Waals surface area contributed by atoms with Gasteiger partial charge in [-0.25, -0.2) is 0 Å². The van der Waals surface area contributed by atoms with Crippen LogP contribution in [0, 0.1) is 6.92 Å². The van der Waals surface area contributed by atoms with Crippen LogP contribution in [0.25, 0.3) is 21.7 Å². The minimum Gasteiger partial charge on any atom is -0.464 e. The van der Waals surface area contributed by atoms with Crippen molar-refractivity contribution >= 4 is 39.2 Å². The molecule has 0 aliphatic carbocycles. The summed E-state index contributed by atoms with van der Waals surface area (Å²) in [4.78, 5) is 27.9. The van der Waals surface area contributed by atoms with E-state index in [-0.39, 0.29) is 18.2 Å². The molecule has 1 aromatic heterocycles. The van der Waals surface area contributed by atoms with Crippen LogP contribution in [0.2, 0.25) is 0 Å². The van der Waals surface area contributed by atoms with Crippen molar-refractivity contribution in [2.75, 3.05) is 18.4 Å². The third kappa shape index (κ3) is 3.56. The van der Waals surface area contributed by atoms with Crippen LogP contribution in [-0.2, 0) is 11.2 Å². The molecule has 4 aromatic rings. The number of aryl methyl sites for hydroxylation is 1. The largest absolute Gasteiger partial charge is 0.464 e. The molecule has 156 valence electrons. The van der Waals surface area contributed by atoms with Crippen LogP contribution in [0.3, 0.4) is 0 Å². The number of nitrogens with one attached hydrogen (secondary N) is 1. The van der Waals surface area contributed by atoms with E-state index in [9.17, 15) is 9.59 Å². The lowest BCUT2D eigenvalue weighted by Gasteiger charge is -2.19. The van der Waals surface area contributed by atoms with Gasteiger partial charge < -0.3 is 14.6 Å². The van der Waals surface area contributed by atoms with Crippen molar-refractivity contribution < 1.29 is 14.0 Å². The quantitative estimate of drug-likeness (QED) is 0.494. The van der Waals surface area contributed by atoms with Crippen molar-refractivity contribution in [2.24, 2.45) is 0 Å². The SMILES string of the molecule is Cc1cccc(C(=O)N2CCCC2)c1NC(=O)Cc1coc2ccc3ccccc3c12. The molecule has 0 spiro atoms. The molecule has 0 atom stereocenters. The second-order valence-corrected chi connectivity index (χ2v) is 8.14. The van der Waals surface area contributed by atoms with E-state index in [0.29, 0.717) is 11.3 Å². The van der Waals surface area contributed by atoms with Crippen molar-refractivity contribution in [3.8, 4) is 0 Å². The fourth-order valence-electron chi connectivity index (χ4n) is 4.46. The molecule has 1 aliphatic heterocycles. The monoisotopic (exact) mass is 412 g/mol. The molecule has 1 aliphatic rings. The third-order valence-electron chi connectivity index (χ3n) is 6.05. The molecule has 0 unspecified atom stereocenters. The minimum absolute atomic E-state index is 0.0174. The Morgan fingerprint density at radius 2 is 1.81 bits per heavy atom. The number of amides is 2. The van der Waals surface area contributed by atoms with Crippen LogP contribution in [0.4, 0.5) is 5.69 Å². The van der Waals surface area contributed by atoms with Gasteiger partial charge in [0, 0.05) is 24.0 Å². The van der Waals surface area contributed by atoms with E-state index in [1.165, 1.54) is 0 Å². The smallest absolute Gasteiger partial charge is 0.255 e. The van der Waals surface area contributed by atoms with Gasteiger partial charge in [0.15, 0.2) is 0 Å². The lowest BCUT2D eigenvalue weighted by atomic mass is 10.0. The van der Waals surface area contributed by atoms with Gasteiger partial charge in [0.1, 0.15) is 5.58 Å². The number of fused-ring (bicyclic) bond motifs is 3. The van der Waals surface area contributed by atoms with E-state index in [1.54, 1.807) is 12.3 Å².